The minimum atomic E-state index is -0.882. The number of esters is 1. The van der Waals surface area contributed by atoms with Crippen LogP contribution in [0.2, 0.25) is 0 Å². The number of carbonyl (C=O) groups excluding carboxylic acids is 3. The van der Waals surface area contributed by atoms with Crippen LogP contribution in [0.25, 0.3) is 5.57 Å². The largest absolute Gasteiger partial charge is 0.459 e. The van der Waals surface area contributed by atoms with Gasteiger partial charge in [-0.05, 0) is 51.1 Å². The number of amides is 2. The molecule has 2 atom stereocenters. The number of hydrogen-bond donors (Lipinski definition) is 2. The van der Waals surface area contributed by atoms with E-state index < -0.39 is 23.7 Å². The molecule has 0 aliphatic carbocycles. The van der Waals surface area contributed by atoms with E-state index in [1.54, 1.807) is 4.90 Å². The van der Waals surface area contributed by atoms with Crippen LogP contribution in [0.5, 0.6) is 0 Å². The Balaban J connectivity index is 1.37. The average Bonchev–Trinajstić information content (AvgIpc) is 3.79. The van der Waals surface area contributed by atoms with Crippen LogP contribution in [-0.4, -0.2) is 49.7 Å². The van der Waals surface area contributed by atoms with Crippen molar-refractivity contribution >= 4 is 29.2 Å². The molecule has 256 valence electrons. The molecule has 0 unspecified atom stereocenters. The molecule has 0 bridgehead atoms. The van der Waals surface area contributed by atoms with E-state index in [1.807, 2.05) is 109 Å². The molecule has 0 aromatic heterocycles. The van der Waals surface area contributed by atoms with Crippen molar-refractivity contribution in [3.05, 3.63) is 179 Å². The second-order valence-corrected chi connectivity index (χ2v) is 12.7. The summed E-state index contributed by atoms with van der Waals surface area (Å²) in [5.74, 6) is -0.541. The molecule has 1 saturated heterocycles. The van der Waals surface area contributed by atoms with E-state index >= 15 is 0 Å². The third kappa shape index (κ3) is 6.78. The molecule has 2 aliphatic heterocycles. The zero-order valence-electron chi connectivity index (χ0n) is 28.3. The van der Waals surface area contributed by atoms with Crippen molar-refractivity contribution in [3.63, 3.8) is 0 Å². The number of nitrogens with one attached hydrogen (secondary N) is 2. The Morgan fingerprint density at radius 3 is 1.84 bits per heavy atom. The lowest BCUT2D eigenvalue weighted by Crippen LogP contribution is -2.44. The van der Waals surface area contributed by atoms with Crippen LogP contribution in [-0.2, 0) is 31.1 Å². The first-order valence-electron chi connectivity index (χ1n) is 17.1. The van der Waals surface area contributed by atoms with Gasteiger partial charge < -0.3 is 14.8 Å². The third-order valence-electron chi connectivity index (χ3n) is 9.56. The van der Waals surface area contributed by atoms with Crippen LogP contribution < -0.4 is 15.5 Å². The Kier molecular flexibility index (Phi) is 9.76. The summed E-state index contributed by atoms with van der Waals surface area (Å²) in [5, 5.41) is 6.27. The molecule has 2 amide bonds. The van der Waals surface area contributed by atoms with Gasteiger partial charge in [0.05, 0.1) is 18.5 Å². The Labute approximate surface area is 297 Å². The normalized spacial score (nSPS) is 17.3. The molecule has 51 heavy (non-hydrogen) atoms. The number of rotatable bonds is 11. The Morgan fingerprint density at radius 1 is 0.784 bits per heavy atom. The first kappa shape index (κ1) is 33.5. The zero-order chi connectivity index (χ0) is 35.2. The monoisotopic (exact) mass is 677 g/mol. The van der Waals surface area contributed by atoms with Crippen molar-refractivity contribution < 1.29 is 23.9 Å². The molecule has 2 heterocycles. The quantitative estimate of drug-likeness (QED) is 0.120. The number of hydrogen-bond acceptors (Lipinski definition) is 6. The third-order valence-corrected chi connectivity index (χ3v) is 9.56. The van der Waals surface area contributed by atoms with Crippen molar-refractivity contribution in [3.8, 4) is 0 Å². The van der Waals surface area contributed by atoms with Gasteiger partial charge in [0.2, 0.25) is 5.91 Å². The van der Waals surface area contributed by atoms with Gasteiger partial charge in [0.1, 0.15) is 18.8 Å². The second kappa shape index (κ2) is 14.9. The number of anilines is 1. The van der Waals surface area contributed by atoms with E-state index in [0.29, 0.717) is 18.8 Å². The van der Waals surface area contributed by atoms with Crippen LogP contribution in [0.4, 0.5) is 10.5 Å². The van der Waals surface area contributed by atoms with Crippen LogP contribution in [0.1, 0.15) is 34.7 Å². The van der Waals surface area contributed by atoms with Gasteiger partial charge in [0.25, 0.3) is 0 Å². The maximum atomic E-state index is 14.3. The lowest BCUT2D eigenvalue weighted by molar-refractivity contribution is -0.146. The van der Waals surface area contributed by atoms with Gasteiger partial charge in [-0.3, -0.25) is 15.0 Å². The number of carbonyl (C=O) groups is 3. The van der Waals surface area contributed by atoms with E-state index in [2.05, 4.69) is 47.0 Å². The molecule has 7 rings (SSSR count). The molecular formula is C43H39N3O5. The van der Waals surface area contributed by atoms with Crippen LogP contribution in [0, 0.1) is 0 Å². The number of ether oxygens (including phenoxy) is 2. The molecule has 0 spiro atoms. The van der Waals surface area contributed by atoms with E-state index in [1.165, 1.54) is 6.92 Å². The summed E-state index contributed by atoms with van der Waals surface area (Å²) in [6, 6.07) is 47.6. The van der Waals surface area contributed by atoms with E-state index in [-0.39, 0.29) is 25.0 Å². The molecule has 2 aliphatic rings. The standard InChI is InChI=1S/C43H39N3O5/c1-30(47)44-26-37-28-46(42(49)51-37)36-24-22-32(23-25-36)38-27-45-40(41(48)50-29-31-14-6-2-7-15-31)39(38)43(33-16-8-3-9-17-33,34-18-10-4-11-19-34)35-20-12-5-13-21-35/h2-25,37,40,45H,26-29H2,1H3,(H,44,47)/t37-,40-/m0/s1. The molecule has 8 nitrogen and oxygen atoms in total. The summed E-state index contributed by atoms with van der Waals surface area (Å²) in [6.45, 7) is 2.57. The molecule has 5 aromatic carbocycles. The van der Waals surface area contributed by atoms with E-state index in [9.17, 15) is 14.4 Å². The summed E-state index contributed by atoms with van der Waals surface area (Å²) in [7, 11) is 0. The van der Waals surface area contributed by atoms with Gasteiger partial charge in [-0.2, -0.15) is 0 Å². The van der Waals surface area contributed by atoms with Crippen molar-refractivity contribution in [1.82, 2.24) is 10.6 Å². The number of nitrogens with zero attached hydrogens (tertiary/aromatic N) is 1. The summed E-state index contributed by atoms with van der Waals surface area (Å²) in [4.78, 5) is 40.2. The lowest BCUT2D eigenvalue weighted by atomic mass is 9.62. The Morgan fingerprint density at radius 2 is 1.31 bits per heavy atom. The van der Waals surface area contributed by atoms with Crippen LogP contribution in [0.15, 0.2) is 151 Å². The first-order chi connectivity index (χ1) is 24.9. The lowest BCUT2D eigenvalue weighted by Gasteiger charge is -2.40. The summed E-state index contributed by atoms with van der Waals surface area (Å²) in [6.07, 6.45) is -0.904. The van der Waals surface area contributed by atoms with Gasteiger partial charge in [0.15, 0.2) is 0 Å². The number of cyclic esters (lactones) is 1. The first-order valence-corrected chi connectivity index (χ1v) is 17.1. The maximum Gasteiger partial charge on any atom is 0.414 e. The summed E-state index contributed by atoms with van der Waals surface area (Å²) in [5.41, 5.74) is 6.51. The zero-order valence-corrected chi connectivity index (χ0v) is 28.3. The van der Waals surface area contributed by atoms with E-state index in [0.717, 1.165) is 39.0 Å². The highest BCUT2D eigenvalue weighted by molar-refractivity contribution is 5.93. The molecular weight excluding hydrogens is 638 g/mol. The average molecular weight is 678 g/mol. The minimum Gasteiger partial charge on any atom is -0.459 e. The van der Waals surface area contributed by atoms with Crippen molar-refractivity contribution in [1.29, 1.82) is 0 Å². The molecule has 0 radical (unpaired) electrons. The fourth-order valence-electron chi connectivity index (χ4n) is 7.26. The van der Waals surface area contributed by atoms with E-state index in [4.69, 9.17) is 9.47 Å². The highest BCUT2D eigenvalue weighted by atomic mass is 16.6. The molecule has 1 fully saturated rings. The number of benzene rings is 5. The highest BCUT2D eigenvalue weighted by Crippen LogP contribution is 2.50. The summed E-state index contributed by atoms with van der Waals surface area (Å²) < 4.78 is 11.6. The van der Waals surface area contributed by atoms with Crippen molar-refractivity contribution in [2.45, 2.75) is 31.1 Å². The molecule has 2 N–H and O–H groups in total. The Hall–Kier alpha value is -5.99. The van der Waals surface area contributed by atoms with Gasteiger partial charge in [-0.15, -0.1) is 0 Å². The fraction of sp³-hybridized carbons (Fsp3) is 0.186. The smallest absolute Gasteiger partial charge is 0.414 e. The SMILES string of the molecule is CC(=O)NC[C@H]1CN(c2ccc(C3=C(C(c4ccccc4)(c4ccccc4)c4ccccc4)[C@@H](C(=O)OCc4ccccc4)NC3)cc2)C(=O)O1. The topological polar surface area (TPSA) is 97.0 Å². The minimum absolute atomic E-state index is 0.152. The molecule has 0 saturated carbocycles. The van der Waals surface area contributed by atoms with Gasteiger partial charge in [-0.1, -0.05) is 133 Å². The molecule has 5 aromatic rings. The van der Waals surface area contributed by atoms with Gasteiger partial charge in [0, 0.05) is 19.2 Å². The Bertz CT molecular complexity index is 1920. The van der Waals surface area contributed by atoms with Crippen molar-refractivity contribution in [2.24, 2.45) is 0 Å². The van der Waals surface area contributed by atoms with Crippen molar-refractivity contribution in [2.75, 3.05) is 24.5 Å². The van der Waals surface area contributed by atoms with Gasteiger partial charge >= 0.3 is 12.1 Å². The molecule has 8 heteroatoms. The fourth-order valence-corrected chi connectivity index (χ4v) is 7.26. The van der Waals surface area contributed by atoms with Gasteiger partial charge in [-0.25, -0.2) is 9.59 Å². The maximum absolute atomic E-state index is 14.3. The highest BCUT2D eigenvalue weighted by Gasteiger charge is 2.49. The van der Waals surface area contributed by atoms with Crippen LogP contribution >= 0.6 is 0 Å². The second-order valence-electron chi connectivity index (χ2n) is 12.7. The predicted octanol–water partition coefficient (Wildman–Crippen LogP) is 6.65. The summed E-state index contributed by atoms with van der Waals surface area (Å²) >= 11 is 0. The van der Waals surface area contributed by atoms with Crippen LogP contribution in [0.3, 0.4) is 0 Å². The predicted molar refractivity (Wildman–Crippen MR) is 197 cm³/mol.